The van der Waals surface area contributed by atoms with Crippen molar-refractivity contribution in [1.29, 1.82) is 0 Å². The van der Waals surface area contributed by atoms with Crippen molar-refractivity contribution in [2.75, 3.05) is 19.8 Å². The average Bonchev–Trinajstić information content (AvgIpc) is 2.74. The van der Waals surface area contributed by atoms with Crippen molar-refractivity contribution in [3.05, 3.63) is 65.2 Å². The van der Waals surface area contributed by atoms with Gasteiger partial charge in [-0.3, -0.25) is 14.4 Å². The van der Waals surface area contributed by atoms with Crippen molar-refractivity contribution in [1.82, 2.24) is 5.32 Å². The number of hydrogen-bond acceptors (Lipinski definition) is 6. The van der Waals surface area contributed by atoms with Crippen molar-refractivity contribution in [3.8, 4) is 5.75 Å². The number of aryl methyl sites for hydroxylation is 1. The van der Waals surface area contributed by atoms with E-state index in [1.807, 2.05) is 12.1 Å². The first-order valence-electron chi connectivity index (χ1n) is 9.61. The second kappa shape index (κ2) is 11.5. The van der Waals surface area contributed by atoms with Gasteiger partial charge in [0.05, 0.1) is 0 Å². The molecule has 0 saturated carbocycles. The van der Waals surface area contributed by atoms with E-state index in [2.05, 4.69) is 5.32 Å². The fourth-order valence-corrected chi connectivity index (χ4v) is 2.61. The molecule has 2 rings (SSSR count). The Morgan fingerprint density at radius 1 is 0.833 bits per heavy atom. The molecule has 0 aromatic heterocycles. The van der Waals surface area contributed by atoms with E-state index in [1.165, 1.54) is 13.8 Å². The van der Waals surface area contributed by atoms with Crippen molar-refractivity contribution < 1.29 is 28.7 Å². The predicted octanol–water partition coefficient (Wildman–Crippen LogP) is 2.76. The highest BCUT2D eigenvalue weighted by atomic mass is 16.6. The molecule has 0 saturated heterocycles. The number of carbonyl (C=O) groups excluding carboxylic acids is 4. The molecule has 0 fully saturated rings. The summed E-state index contributed by atoms with van der Waals surface area (Å²) < 4.78 is 10.3. The number of Topliss-reactive ketones (excluding diaryl/α,β-unsaturated/α-hetero) is 2. The SMILES string of the molecule is CC(=O)NCCCc1ccc(C(=O)COC(=O)COc2ccc(C(C)=O)cc2)cc1. The molecular formula is C23H25NO6. The van der Waals surface area contributed by atoms with Crippen molar-refractivity contribution in [2.45, 2.75) is 26.7 Å². The Hall–Kier alpha value is -3.48. The third-order valence-electron chi connectivity index (χ3n) is 4.27. The topological polar surface area (TPSA) is 98.8 Å². The Kier molecular flexibility index (Phi) is 8.75. The quantitative estimate of drug-likeness (QED) is 0.347. The van der Waals surface area contributed by atoms with Gasteiger partial charge in [-0.2, -0.15) is 0 Å². The number of ketones is 2. The highest BCUT2D eigenvalue weighted by Crippen LogP contribution is 2.13. The molecule has 158 valence electrons. The lowest BCUT2D eigenvalue weighted by Crippen LogP contribution is -2.21. The summed E-state index contributed by atoms with van der Waals surface area (Å²) in [5.41, 5.74) is 2.06. The van der Waals surface area contributed by atoms with Gasteiger partial charge in [0.15, 0.2) is 24.8 Å². The Bertz CT molecular complexity index is 887. The molecule has 7 heteroatoms. The zero-order valence-corrected chi connectivity index (χ0v) is 17.1. The second-order valence-corrected chi connectivity index (χ2v) is 6.74. The van der Waals surface area contributed by atoms with Crippen LogP contribution < -0.4 is 10.1 Å². The van der Waals surface area contributed by atoms with Crippen LogP contribution in [0, 0.1) is 0 Å². The summed E-state index contributed by atoms with van der Waals surface area (Å²) in [5, 5.41) is 2.73. The molecule has 0 bridgehead atoms. The Morgan fingerprint density at radius 2 is 1.47 bits per heavy atom. The number of esters is 1. The van der Waals surface area contributed by atoms with Crippen LogP contribution in [0.3, 0.4) is 0 Å². The molecule has 1 amide bonds. The molecule has 0 atom stereocenters. The molecule has 7 nitrogen and oxygen atoms in total. The van der Waals surface area contributed by atoms with Crippen molar-refractivity contribution in [3.63, 3.8) is 0 Å². The highest BCUT2D eigenvalue weighted by molar-refractivity contribution is 5.98. The fraction of sp³-hybridized carbons (Fsp3) is 0.304. The Labute approximate surface area is 175 Å². The summed E-state index contributed by atoms with van der Waals surface area (Å²) >= 11 is 0. The van der Waals surface area contributed by atoms with Crippen LogP contribution in [-0.4, -0.2) is 43.2 Å². The minimum absolute atomic E-state index is 0.0539. The molecular weight excluding hydrogens is 386 g/mol. The van der Waals surface area contributed by atoms with Gasteiger partial charge in [0, 0.05) is 24.6 Å². The van der Waals surface area contributed by atoms with Gasteiger partial charge in [-0.05, 0) is 49.6 Å². The molecule has 0 aliphatic heterocycles. The summed E-state index contributed by atoms with van der Waals surface area (Å²) in [6.07, 6.45) is 1.59. The van der Waals surface area contributed by atoms with Gasteiger partial charge in [-0.25, -0.2) is 4.79 Å². The van der Waals surface area contributed by atoms with Crippen molar-refractivity contribution >= 4 is 23.4 Å². The van der Waals surface area contributed by atoms with Crippen LogP contribution in [0.1, 0.15) is 46.5 Å². The van der Waals surface area contributed by atoms with Crippen LogP contribution in [0.2, 0.25) is 0 Å². The van der Waals surface area contributed by atoms with Gasteiger partial charge in [0.1, 0.15) is 5.75 Å². The summed E-state index contributed by atoms with van der Waals surface area (Å²) in [4.78, 5) is 46.0. The summed E-state index contributed by atoms with van der Waals surface area (Å²) in [6.45, 7) is 2.85. The first kappa shape index (κ1) is 22.8. The van der Waals surface area contributed by atoms with E-state index in [9.17, 15) is 19.2 Å². The maximum Gasteiger partial charge on any atom is 0.344 e. The monoisotopic (exact) mass is 411 g/mol. The number of benzene rings is 2. The fourth-order valence-electron chi connectivity index (χ4n) is 2.61. The van der Waals surface area contributed by atoms with Gasteiger partial charge in [-0.1, -0.05) is 24.3 Å². The first-order valence-corrected chi connectivity index (χ1v) is 9.61. The van der Waals surface area contributed by atoms with Crippen LogP contribution >= 0.6 is 0 Å². The molecule has 0 unspecified atom stereocenters. The van der Waals surface area contributed by atoms with E-state index in [0.29, 0.717) is 23.4 Å². The summed E-state index contributed by atoms with van der Waals surface area (Å²) in [6, 6.07) is 13.5. The van der Waals surface area contributed by atoms with E-state index in [-0.39, 0.29) is 30.7 Å². The van der Waals surface area contributed by atoms with Gasteiger partial charge in [0.25, 0.3) is 0 Å². The van der Waals surface area contributed by atoms with E-state index in [1.54, 1.807) is 36.4 Å². The van der Waals surface area contributed by atoms with E-state index in [4.69, 9.17) is 9.47 Å². The smallest absolute Gasteiger partial charge is 0.344 e. The van der Waals surface area contributed by atoms with Crippen LogP contribution in [0.25, 0.3) is 0 Å². The van der Waals surface area contributed by atoms with Crippen LogP contribution in [0.5, 0.6) is 5.75 Å². The second-order valence-electron chi connectivity index (χ2n) is 6.74. The van der Waals surface area contributed by atoms with E-state index in [0.717, 1.165) is 18.4 Å². The molecule has 2 aromatic rings. The van der Waals surface area contributed by atoms with Crippen LogP contribution in [0.15, 0.2) is 48.5 Å². The van der Waals surface area contributed by atoms with Gasteiger partial charge in [-0.15, -0.1) is 0 Å². The number of nitrogens with one attached hydrogen (secondary N) is 1. The van der Waals surface area contributed by atoms with Crippen molar-refractivity contribution in [2.24, 2.45) is 0 Å². The first-order chi connectivity index (χ1) is 14.3. The molecule has 1 N–H and O–H groups in total. The summed E-state index contributed by atoms with van der Waals surface area (Å²) in [7, 11) is 0. The predicted molar refractivity (Wildman–Crippen MR) is 111 cm³/mol. The maximum absolute atomic E-state index is 12.2. The third-order valence-corrected chi connectivity index (χ3v) is 4.27. The van der Waals surface area contributed by atoms with E-state index >= 15 is 0 Å². The Balaban J connectivity index is 1.71. The third kappa shape index (κ3) is 7.87. The molecule has 0 aliphatic carbocycles. The lowest BCUT2D eigenvalue weighted by molar-refractivity contribution is -0.144. The zero-order valence-electron chi connectivity index (χ0n) is 17.1. The molecule has 30 heavy (non-hydrogen) atoms. The van der Waals surface area contributed by atoms with Crippen LogP contribution in [0.4, 0.5) is 0 Å². The highest BCUT2D eigenvalue weighted by Gasteiger charge is 2.11. The number of ether oxygens (including phenoxy) is 2. The lowest BCUT2D eigenvalue weighted by Gasteiger charge is -2.08. The van der Waals surface area contributed by atoms with Gasteiger partial charge < -0.3 is 14.8 Å². The largest absolute Gasteiger partial charge is 0.482 e. The molecule has 0 aliphatic rings. The van der Waals surface area contributed by atoms with E-state index < -0.39 is 5.97 Å². The van der Waals surface area contributed by atoms with Gasteiger partial charge >= 0.3 is 5.97 Å². The van der Waals surface area contributed by atoms with Gasteiger partial charge in [0.2, 0.25) is 5.91 Å². The minimum atomic E-state index is -0.659. The standard InChI is InChI=1S/C23H25NO6/c1-16(25)19-9-11-21(12-10-19)29-15-23(28)30-14-22(27)20-7-5-18(6-8-20)4-3-13-24-17(2)26/h5-12H,3-4,13-15H2,1-2H3,(H,24,26). The van der Waals surface area contributed by atoms with Crippen LogP contribution in [-0.2, 0) is 20.7 Å². The number of hydrogen-bond donors (Lipinski definition) is 1. The molecule has 0 radical (unpaired) electrons. The number of amides is 1. The molecule has 0 heterocycles. The average molecular weight is 411 g/mol. The number of rotatable bonds is 11. The minimum Gasteiger partial charge on any atom is -0.482 e. The molecule has 2 aromatic carbocycles. The maximum atomic E-state index is 12.2. The molecule has 0 spiro atoms. The Morgan fingerprint density at radius 3 is 2.07 bits per heavy atom. The zero-order chi connectivity index (χ0) is 21.9. The summed E-state index contributed by atoms with van der Waals surface area (Å²) in [5.74, 6) is -0.649. The number of carbonyl (C=O) groups is 4. The lowest BCUT2D eigenvalue weighted by atomic mass is 10.1. The normalized spacial score (nSPS) is 10.2.